The fourth-order valence-electron chi connectivity index (χ4n) is 2.74. The summed E-state index contributed by atoms with van der Waals surface area (Å²) in [4.78, 5) is 0. The number of hydrogen-bond donors (Lipinski definition) is 0. The Kier molecular flexibility index (Phi) is 1.60. The van der Waals surface area contributed by atoms with Crippen LogP contribution >= 0.6 is 0 Å². The Morgan fingerprint density at radius 2 is 1.94 bits per heavy atom. The number of furan rings is 1. The zero-order chi connectivity index (χ0) is 11.4. The molecule has 4 rings (SSSR count). The van der Waals surface area contributed by atoms with Gasteiger partial charge in [-0.15, -0.1) is 0 Å². The third-order valence-electron chi connectivity index (χ3n) is 3.58. The van der Waals surface area contributed by atoms with Gasteiger partial charge in [-0.05, 0) is 24.6 Å². The molecule has 0 aliphatic heterocycles. The monoisotopic (exact) mass is 220 g/mol. The predicted molar refractivity (Wildman–Crippen MR) is 69.2 cm³/mol. The van der Waals surface area contributed by atoms with Crippen molar-refractivity contribution in [2.75, 3.05) is 0 Å². The van der Waals surface area contributed by atoms with E-state index in [9.17, 15) is 0 Å². The second kappa shape index (κ2) is 3.01. The number of hydrogen-bond acceptors (Lipinski definition) is 1. The Labute approximate surface area is 99.7 Å². The lowest BCUT2D eigenvalue weighted by atomic mass is 10.1. The van der Waals surface area contributed by atoms with Crippen LogP contribution in [0.3, 0.4) is 0 Å². The van der Waals surface area contributed by atoms with Crippen LogP contribution in [-0.2, 0) is 6.42 Å². The summed E-state index contributed by atoms with van der Waals surface area (Å²) in [5.41, 5.74) is 6.29. The molecule has 0 saturated carbocycles. The first kappa shape index (κ1) is 9.06. The largest absolute Gasteiger partial charge is 0.456 e. The zero-order valence-electron chi connectivity index (χ0n) is 9.66. The van der Waals surface area contributed by atoms with Crippen molar-refractivity contribution >= 4 is 11.0 Å². The van der Waals surface area contributed by atoms with E-state index in [1.807, 2.05) is 0 Å². The van der Waals surface area contributed by atoms with Gasteiger partial charge in [0, 0.05) is 22.9 Å². The van der Waals surface area contributed by atoms with Crippen molar-refractivity contribution in [3.8, 4) is 11.3 Å². The van der Waals surface area contributed by atoms with E-state index in [4.69, 9.17) is 4.42 Å². The molecule has 1 heterocycles. The molecule has 1 aliphatic carbocycles. The van der Waals surface area contributed by atoms with E-state index in [0.29, 0.717) is 0 Å². The lowest BCUT2D eigenvalue weighted by Gasteiger charge is -1.98. The minimum Gasteiger partial charge on any atom is -0.456 e. The number of fused-ring (bicyclic) bond motifs is 5. The quantitative estimate of drug-likeness (QED) is 0.430. The lowest BCUT2D eigenvalue weighted by Crippen LogP contribution is -1.80. The number of aryl methyl sites for hydroxylation is 1. The summed E-state index contributed by atoms with van der Waals surface area (Å²) in [6.45, 7) is 2.13. The summed E-state index contributed by atoms with van der Waals surface area (Å²) in [6, 6.07) is 14.9. The van der Waals surface area contributed by atoms with Crippen molar-refractivity contribution in [2.24, 2.45) is 0 Å². The van der Waals surface area contributed by atoms with Gasteiger partial charge in [0.2, 0.25) is 0 Å². The molecule has 3 aromatic rings. The first-order valence-electron chi connectivity index (χ1n) is 5.93. The van der Waals surface area contributed by atoms with Gasteiger partial charge in [0.1, 0.15) is 11.3 Å². The van der Waals surface area contributed by atoms with Crippen LogP contribution in [0.1, 0.15) is 16.7 Å². The van der Waals surface area contributed by atoms with Crippen LogP contribution in [0.2, 0.25) is 0 Å². The van der Waals surface area contributed by atoms with Gasteiger partial charge in [0.25, 0.3) is 0 Å². The molecule has 2 aromatic carbocycles. The van der Waals surface area contributed by atoms with Gasteiger partial charge >= 0.3 is 0 Å². The van der Waals surface area contributed by atoms with E-state index in [2.05, 4.69) is 49.4 Å². The molecule has 82 valence electrons. The minimum atomic E-state index is 1.00. The summed E-state index contributed by atoms with van der Waals surface area (Å²) in [7, 11) is 0. The minimum absolute atomic E-state index is 1.00. The van der Waals surface area contributed by atoms with Crippen molar-refractivity contribution in [1.82, 2.24) is 0 Å². The van der Waals surface area contributed by atoms with Crippen molar-refractivity contribution in [3.05, 3.63) is 59.2 Å². The molecule has 0 unspecified atom stereocenters. The Bertz CT molecular complexity index is 734. The highest BCUT2D eigenvalue weighted by Gasteiger charge is 2.24. The van der Waals surface area contributed by atoms with Crippen LogP contribution in [-0.4, -0.2) is 0 Å². The average molecular weight is 220 g/mol. The molecule has 1 aromatic heterocycles. The first-order chi connectivity index (χ1) is 8.33. The molecule has 1 aliphatic rings. The van der Waals surface area contributed by atoms with Crippen molar-refractivity contribution in [1.29, 1.82) is 0 Å². The summed E-state index contributed by atoms with van der Waals surface area (Å²) < 4.78 is 5.99. The summed E-state index contributed by atoms with van der Waals surface area (Å²) >= 11 is 0. The second-order valence-electron chi connectivity index (χ2n) is 4.74. The summed E-state index contributed by atoms with van der Waals surface area (Å²) in [6.07, 6.45) is 1.00. The average Bonchev–Trinajstić information content (AvgIpc) is 2.85. The Balaban J connectivity index is 2.09. The smallest absolute Gasteiger partial charge is 0.139 e. The van der Waals surface area contributed by atoms with Gasteiger partial charge in [-0.1, -0.05) is 35.9 Å². The van der Waals surface area contributed by atoms with Crippen molar-refractivity contribution in [2.45, 2.75) is 13.3 Å². The van der Waals surface area contributed by atoms with Crippen LogP contribution in [0.4, 0.5) is 0 Å². The van der Waals surface area contributed by atoms with Gasteiger partial charge in [-0.3, -0.25) is 0 Å². The standard InChI is InChI=1S/C16H12O/c1-10-6-7-15-13(8-10)14-9-11-4-2-3-5-12(11)16(14)17-15/h2-8H,9H2,1H3. The van der Waals surface area contributed by atoms with Crippen LogP contribution in [0.15, 0.2) is 46.9 Å². The maximum atomic E-state index is 5.99. The highest BCUT2D eigenvalue weighted by molar-refractivity contribution is 5.92. The molecule has 0 atom stereocenters. The molecule has 0 N–H and O–H groups in total. The second-order valence-corrected chi connectivity index (χ2v) is 4.74. The molecule has 0 amide bonds. The fourth-order valence-corrected chi connectivity index (χ4v) is 2.74. The molecule has 17 heavy (non-hydrogen) atoms. The molecule has 0 radical (unpaired) electrons. The van der Waals surface area contributed by atoms with Crippen molar-refractivity contribution in [3.63, 3.8) is 0 Å². The molecular weight excluding hydrogens is 208 g/mol. The van der Waals surface area contributed by atoms with Crippen LogP contribution < -0.4 is 0 Å². The fraction of sp³-hybridized carbons (Fsp3) is 0.125. The predicted octanol–water partition coefficient (Wildman–Crippen LogP) is 4.31. The summed E-state index contributed by atoms with van der Waals surface area (Å²) in [5.74, 6) is 1.07. The zero-order valence-corrected chi connectivity index (χ0v) is 9.66. The molecule has 1 nitrogen and oxygen atoms in total. The normalized spacial score (nSPS) is 12.8. The highest BCUT2D eigenvalue weighted by Crippen LogP contribution is 2.42. The molecule has 0 saturated heterocycles. The topological polar surface area (TPSA) is 13.1 Å². The van der Waals surface area contributed by atoms with E-state index in [1.165, 1.54) is 27.6 Å². The SMILES string of the molecule is Cc1ccc2oc3c(c2c1)Cc1ccccc1-3. The van der Waals surface area contributed by atoms with E-state index in [-0.39, 0.29) is 0 Å². The third kappa shape index (κ3) is 1.14. The van der Waals surface area contributed by atoms with Crippen LogP contribution in [0, 0.1) is 6.92 Å². The first-order valence-corrected chi connectivity index (χ1v) is 5.93. The summed E-state index contributed by atoms with van der Waals surface area (Å²) in [5, 5.41) is 1.27. The maximum Gasteiger partial charge on any atom is 0.139 e. The van der Waals surface area contributed by atoms with Gasteiger partial charge in [-0.25, -0.2) is 0 Å². The van der Waals surface area contributed by atoms with Gasteiger partial charge < -0.3 is 4.42 Å². The van der Waals surface area contributed by atoms with E-state index >= 15 is 0 Å². The van der Waals surface area contributed by atoms with E-state index in [1.54, 1.807) is 0 Å². The molecule has 0 spiro atoms. The van der Waals surface area contributed by atoms with Crippen LogP contribution in [0.25, 0.3) is 22.3 Å². The molecule has 0 fully saturated rings. The Morgan fingerprint density at radius 3 is 2.88 bits per heavy atom. The third-order valence-corrected chi connectivity index (χ3v) is 3.58. The lowest BCUT2D eigenvalue weighted by molar-refractivity contribution is 0.631. The maximum absolute atomic E-state index is 5.99. The van der Waals surface area contributed by atoms with E-state index in [0.717, 1.165) is 17.8 Å². The molecule has 1 heteroatoms. The highest BCUT2D eigenvalue weighted by atomic mass is 16.3. The Morgan fingerprint density at radius 1 is 1.06 bits per heavy atom. The van der Waals surface area contributed by atoms with E-state index < -0.39 is 0 Å². The van der Waals surface area contributed by atoms with Crippen LogP contribution in [0.5, 0.6) is 0 Å². The van der Waals surface area contributed by atoms with Crippen molar-refractivity contribution < 1.29 is 4.42 Å². The van der Waals surface area contributed by atoms with Gasteiger partial charge in [-0.2, -0.15) is 0 Å². The van der Waals surface area contributed by atoms with Gasteiger partial charge in [0.05, 0.1) is 0 Å². The molecular formula is C16H12O. The number of benzene rings is 2. The molecule has 0 bridgehead atoms. The number of rotatable bonds is 0. The van der Waals surface area contributed by atoms with Gasteiger partial charge in [0.15, 0.2) is 0 Å². The Hall–Kier alpha value is -2.02.